The molecular weight excluding hydrogens is 215 g/mol. The first kappa shape index (κ1) is 13.6. The monoisotopic (exact) mass is 234 g/mol. The third-order valence-electron chi connectivity index (χ3n) is 2.74. The van der Waals surface area contributed by atoms with Crippen molar-refractivity contribution >= 4 is 11.9 Å². The minimum Gasteiger partial charge on any atom is -0.298 e. The van der Waals surface area contributed by atoms with Gasteiger partial charge in [0.05, 0.1) is 0 Å². The Labute approximate surface area is 102 Å². The van der Waals surface area contributed by atoms with Gasteiger partial charge in [-0.1, -0.05) is 26.3 Å². The Morgan fingerprint density at radius 1 is 1.35 bits per heavy atom. The molecule has 0 N–H and O–H groups in total. The van der Waals surface area contributed by atoms with Gasteiger partial charge in [0.1, 0.15) is 12.1 Å². The van der Waals surface area contributed by atoms with Crippen molar-refractivity contribution in [1.82, 2.24) is 0 Å². The van der Waals surface area contributed by atoms with Gasteiger partial charge in [-0.3, -0.25) is 4.79 Å². The van der Waals surface area contributed by atoms with E-state index in [1.54, 1.807) is 6.07 Å². The number of hydrogen-bond donors (Lipinski definition) is 0. The third-order valence-corrected chi connectivity index (χ3v) is 2.74. The Kier molecular flexibility index (Phi) is 5.08. The smallest absolute Gasteiger partial charge is 0.150 e. The average Bonchev–Trinajstić information content (AvgIpc) is 2.28. The summed E-state index contributed by atoms with van der Waals surface area (Å²) in [4.78, 5) is 10.7. The average molecular weight is 234 g/mol. The molecule has 0 saturated heterocycles. The number of hydrogen-bond acceptors (Lipinski definition) is 1. The van der Waals surface area contributed by atoms with E-state index in [2.05, 4.69) is 13.0 Å². The van der Waals surface area contributed by atoms with Gasteiger partial charge in [0.2, 0.25) is 0 Å². The highest BCUT2D eigenvalue weighted by atomic mass is 19.1. The molecule has 0 spiro atoms. The van der Waals surface area contributed by atoms with Gasteiger partial charge >= 0.3 is 0 Å². The molecule has 92 valence electrons. The third kappa shape index (κ3) is 3.26. The van der Waals surface area contributed by atoms with Crippen molar-refractivity contribution in [3.05, 3.63) is 40.7 Å². The summed E-state index contributed by atoms with van der Waals surface area (Å²) in [5, 5.41) is 0. The minimum atomic E-state index is -0.291. The zero-order valence-electron chi connectivity index (χ0n) is 10.7. The predicted octanol–water partition coefficient (Wildman–Crippen LogP) is 4.54. The van der Waals surface area contributed by atoms with Gasteiger partial charge in [-0.15, -0.1) is 0 Å². The topological polar surface area (TPSA) is 17.1 Å². The molecule has 0 aliphatic rings. The van der Waals surface area contributed by atoms with E-state index in [1.165, 1.54) is 6.07 Å². The molecule has 0 unspecified atom stereocenters. The second-order valence-electron chi connectivity index (χ2n) is 4.20. The number of aryl methyl sites for hydroxylation is 1. The van der Waals surface area contributed by atoms with Crippen molar-refractivity contribution in [2.75, 3.05) is 0 Å². The summed E-state index contributed by atoms with van der Waals surface area (Å²) in [5.41, 5.74) is 2.94. The second kappa shape index (κ2) is 6.33. The fourth-order valence-electron chi connectivity index (χ4n) is 2.09. The maximum Gasteiger partial charge on any atom is 0.150 e. The molecule has 0 aliphatic carbocycles. The molecule has 0 heterocycles. The summed E-state index contributed by atoms with van der Waals surface area (Å²) in [7, 11) is 0. The second-order valence-corrected chi connectivity index (χ2v) is 4.20. The number of allylic oxidation sites excluding steroid dienone is 2. The van der Waals surface area contributed by atoms with Gasteiger partial charge in [-0.25, -0.2) is 4.39 Å². The molecule has 1 aromatic rings. The van der Waals surface area contributed by atoms with E-state index >= 15 is 0 Å². The first-order chi connectivity index (χ1) is 8.13. The Bertz CT molecular complexity index is 410. The summed E-state index contributed by atoms with van der Waals surface area (Å²) < 4.78 is 14.0. The summed E-state index contributed by atoms with van der Waals surface area (Å²) >= 11 is 0. The largest absolute Gasteiger partial charge is 0.298 e. The van der Waals surface area contributed by atoms with Crippen molar-refractivity contribution in [3.63, 3.8) is 0 Å². The molecule has 1 rings (SSSR count). The lowest BCUT2D eigenvalue weighted by atomic mass is 9.94. The molecule has 0 fully saturated rings. The molecule has 0 aromatic heterocycles. The van der Waals surface area contributed by atoms with Crippen molar-refractivity contribution in [1.29, 1.82) is 0 Å². The lowest BCUT2D eigenvalue weighted by Gasteiger charge is -2.12. The van der Waals surface area contributed by atoms with Crippen LogP contribution in [0.4, 0.5) is 4.39 Å². The van der Waals surface area contributed by atoms with Crippen LogP contribution in [0.3, 0.4) is 0 Å². The first-order valence-corrected chi connectivity index (χ1v) is 6.08. The number of aldehydes is 1. The molecule has 0 radical (unpaired) electrons. The number of rotatable bonds is 5. The fraction of sp³-hybridized carbons (Fsp3) is 0.400. The van der Waals surface area contributed by atoms with Crippen LogP contribution in [0.1, 0.15) is 54.6 Å². The number of carbonyl (C=O) groups excluding carboxylic acids is 1. The van der Waals surface area contributed by atoms with E-state index in [0.717, 1.165) is 30.4 Å². The highest BCUT2D eigenvalue weighted by molar-refractivity contribution is 5.78. The molecule has 0 atom stereocenters. The Hall–Kier alpha value is -1.44. The van der Waals surface area contributed by atoms with Crippen molar-refractivity contribution in [2.24, 2.45) is 0 Å². The van der Waals surface area contributed by atoms with Crippen LogP contribution in [-0.4, -0.2) is 6.29 Å². The van der Waals surface area contributed by atoms with Crippen molar-refractivity contribution < 1.29 is 9.18 Å². The number of benzene rings is 1. The molecule has 0 aliphatic heterocycles. The van der Waals surface area contributed by atoms with Gasteiger partial charge in [-0.2, -0.15) is 0 Å². The lowest BCUT2D eigenvalue weighted by molar-refractivity contribution is 0.112. The number of halogens is 1. The summed E-state index contributed by atoms with van der Waals surface area (Å²) in [6.07, 6.45) is 5.49. The van der Waals surface area contributed by atoms with Crippen LogP contribution in [0.5, 0.6) is 0 Å². The van der Waals surface area contributed by atoms with Gasteiger partial charge in [0.15, 0.2) is 0 Å². The SMILES string of the molecule is CC/C=C(\CCC)c1c(C)cc(C=O)cc1F. The minimum absolute atomic E-state index is 0.291. The summed E-state index contributed by atoms with van der Waals surface area (Å²) in [5.74, 6) is -0.291. The Morgan fingerprint density at radius 2 is 2.06 bits per heavy atom. The Morgan fingerprint density at radius 3 is 2.53 bits per heavy atom. The van der Waals surface area contributed by atoms with Crippen LogP contribution in [0.15, 0.2) is 18.2 Å². The van der Waals surface area contributed by atoms with Crippen LogP contribution in [0, 0.1) is 12.7 Å². The van der Waals surface area contributed by atoms with Crippen molar-refractivity contribution in [3.8, 4) is 0 Å². The fourth-order valence-corrected chi connectivity index (χ4v) is 2.09. The standard InChI is InChI=1S/C15H19FO/c1-4-6-13(7-5-2)15-11(3)8-12(10-17)9-14(15)16/h6,8-10H,4-5,7H2,1-3H3/b13-6+. The molecule has 17 heavy (non-hydrogen) atoms. The molecule has 1 aromatic carbocycles. The van der Waals surface area contributed by atoms with E-state index in [0.29, 0.717) is 17.4 Å². The molecule has 1 nitrogen and oxygen atoms in total. The van der Waals surface area contributed by atoms with Crippen LogP contribution < -0.4 is 0 Å². The van der Waals surface area contributed by atoms with E-state index in [4.69, 9.17) is 0 Å². The predicted molar refractivity (Wildman–Crippen MR) is 69.7 cm³/mol. The molecule has 0 saturated carbocycles. The summed E-state index contributed by atoms with van der Waals surface area (Å²) in [6, 6.07) is 3.05. The highest BCUT2D eigenvalue weighted by Crippen LogP contribution is 2.27. The first-order valence-electron chi connectivity index (χ1n) is 6.08. The van der Waals surface area contributed by atoms with Gasteiger partial charge in [-0.05, 0) is 43.0 Å². The van der Waals surface area contributed by atoms with Crippen LogP contribution in [0.2, 0.25) is 0 Å². The molecule has 0 amide bonds. The molecular formula is C15H19FO. The number of carbonyl (C=O) groups is 1. The van der Waals surface area contributed by atoms with Crippen LogP contribution in [0.25, 0.3) is 5.57 Å². The zero-order valence-corrected chi connectivity index (χ0v) is 10.7. The van der Waals surface area contributed by atoms with Gasteiger partial charge in [0.25, 0.3) is 0 Å². The maximum absolute atomic E-state index is 14.0. The molecule has 0 bridgehead atoms. The van der Waals surface area contributed by atoms with E-state index < -0.39 is 0 Å². The van der Waals surface area contributed by atoms with E-state index in [9.17, 15) is 9.18 Å². The normalized spacial score (nSPS) is 11.6. The Balaban J connectivity index is 3.28. The maximum atomic E-state index is 14.0. The van der Waals surface area contributed by atoms with Crippen LogP contribution >= 0.6 is 0 Å². The van der Waals surface area contributed by atoms with E-state index in [-0.39, 0.29) is 5.82 Å². The quantitative estimate of drug-likeness (QED) is 0.683. The summed E-state index contributed by atoms with van der Waals surface area (Å²) in [6.45, 7) is 5.98. The van der Waals surface area contributed by atoms with Gasteiger partial charge < -0.3 is 0 Å². The van der Waals surface area contributed by atoms with Crippen molar-refractivity contribution in [2.45, 2.75) is 40.0 Å². The van der Waals surface area contributed by atoms with Crippen LogP contribution in [-0.2, 0) is 0 Å². The highest BCUT2D eigenvalue weighted by Gasteiger charge is 2.11. The van der Waals surface area contributed by atoms with Gasteiger partial charge in [0, 0.05) is 11.1 Å². The van der Waals surface area contributed by atoms with E-state index in [1.807, 2.05) is 13.8 Å². The zero-order chi connectivity index (χ0) is 12.8. The lowest BCUT2D eigenvalue weighted by Crippen LogP contribution is -1.97. The molecule has 2 heteroatoms.